The van der Waals surface area contributed by atoms with Crippen LogP contribution in [0.25, 0.3) is 0 Å². The Kier molecular flexibility index (Phi) is 9.05. The molecule has 1 N–H and O–H groups in total. The summed E-state index contributed by atoms with van der Waals surface area (Å²) in [5.41, 5.74) is 0. The zero-order valence-electron chi connectivity index (χ0n) is 14.8. The van der Waals surface area contributed by atoms with Crippen molar-refractivity contribution < 1.29 is 22.7 Å². The average Bonchev–Trinajstić information content (AvgIpc) is 2.54. The number of esters is 1. The number of guanidine groups is 1. The van der Waals surface area contributed by atoms with Crippen molar-refractivity contribution in [3.05, 3.63) is 0 Å². The molecule has 0 bridgehead atoms. The Morgan fingerprint density at radius 2 is 1.96 bits per heavy atom. The van der Waals surface area contributed by atoms with E-state index in [4.69, 9.17) is 9.47 Å². The van der Waals surface area contributed by atoms with Gasteiger partial charge in [0, 0.05) is 32.9 Å². The SMILES string of the molecule is CCOC(=O)C1CCN(C(=NC)NCCOCCS(C)(=O)=O)CC1. The zero-order chi connectivity index (χ0) is 18.0. The molecular formula is C15H29N3O5S. The van der Waals surface area contributed by atoms with Gasteiger partial charge in [0.05, 0.1) is 31.5 Å². The van der Waals surface area contributed by atoms with E-state index in [1.807, 2.05) is 6.92 Å². The lowest BCUT2D eigenvalue weighted by Gasteiger charge is -2.33. The second-order valence-electron chi connectivity index (χ2n) is 5.73. The first-order valence-corrected chi connectivity index (χ1v) is 10.3. The minimum absolute atomic E-state index is 0.0290. The molecule has 0 aromatic rings. The molecule has 0 unspecified atom stereocenters. The molecule has 8 nitrogen and oxygen atoms in total. The van der Waals surface area contributed by atoms with Crippen LogP contribution in [0.1, 0.15) is 19.8 Å². The molecule has 24 heavy (non-hydrogen) atoms. The summed E-state index contributed by atoms with van der Waals surface area (Å²) in [6, 6.07) is 0. The van der Waals surface area contributed by atoms with E-state index in [9.17, 15) is 13.2 Å². The van der Waals surface area contributed by atoms with E-state index in [-0.39, 0.29) is 24.2 Å². The summed E-state index contributed by atoms with van der Waals surface area (Å²) in [6.45, 7) is 4.89. The van der Waals surface area contributed by atoms with Gasteiger partial charge in [0.2, 0.25) is 0 Å². The Morgan fingerprint density at radius 3 is 2.50 bits per heavy atom. The summed E-state index contributed by atoms with van der Waals surface area (Å²) >= 11 is 0. The molecule has 0 radical (unpaired) electrons. The zero-order valence-corrected chi connectivity index (χ0v) is 15.6. The quantitative estimate of drug-likeness (QED) is 0.278. The van der Waals surface area contributed by atoms with Crippen LogP contribution in [-0.2, 0) is 24.1 Å². The number of rotatable bonds is 8. The molecule has 140 valence electrons. The lowest BCUT2D eigenvalue weighted by molar-refractivity contribution is -0.149. The van der Waals surface area contributed by atoms with Gasteiger partial charge in [-0.3, -0.25) is 9.79 Å². The summed E-state index contributed by atoms with van der Waals surface area (Å²) in [6.07, 6.45) is 2.70. The molecular weight excluding hydrogens is 334 g/mol. The molecule has 0 aromatic carbocycles. The first kappa shape index (κ1) is 20.7. The number of nitrogens with zero attached hydrogens (tertiary/aromatic N) is 2. The van der Waals surface area contributed by atoms with E-state index in [0.29, 0.717) is 19.8 Å². The van der Waals surface area contributed by atoms with Gasteiger partial charge in [0.15, 0.2) is 5.96 Å². The number of aliphatic imine (C=N–C) groups is 1. The van der Waals surface area contributed by atoms with Gasteiger partial charge in [0.25, 0.3) is 0 Å². The monoisotopic (exact) mass is 363 g/mol. The third-order valence-electron chi connectivity index (χ3n) is 3.75. The van der Waals surface area contributed by atoms with Crippen LogP contribution in [-0.4, -0.2) is 83.8 Å². The predicted molar refractivity (Wildman–Crippen MR) is 92.8 cm³/mol. The summed E-state index contributed by atoms with van der Waals surface area (Å²) in [7, 11) is -1.27. The van der Waals surface area contributed by atoms with Crippen molar-refractivity contribution in [3.63, 3.8) is 0 Å². The minimum Gasteiger partial charge on any atom is -0.466 e. The molecule has 1 heterocycles. The van der Waals surface area contributed by atoms with Crippen LogP contribution in [0.15, 0.2) is 4.99 Å². The maximum Gasteiger partial charge on any atom is 0.309 e. The highest BCUT2D eigenvalue weighted by Gasteiger charge is 2.27. The van der Waals surface area contributed by atoms with Crippen LogP contribution in [0.2, 0.25) is 0 Å². The van der Waals surface area contributed by atoms with Gasteiger partial charge in [-0.2, -0.15) is 0 Å². The lowest BCUT2D eigenvalue weighted by atomic mass is 9.97. The first-order chi connectivity index (χ1) is 11.4. The Morgan fingerprint density at radius 1 is 1.29 bits per heavy atom. The van der Waals surface area contributed by atoms with Crippen molar-refractivity contribution in [1.29, 1.82) is 0 Å². The van der Waals surface area contributed by atoms with Gasteiger partial charge < -0.3 is 19.7 Å². The molecule has 1 aliphatic heterocycles. The Hall–Kier alpha value is -1.35. The fourth-order valence-corrected chi connectivity index (χ4v) is 2.89. The molecule has 0 atom stereocenters. The van der Waals surface area contributed by atoms with Crippen molar-refractivity contribution in [2.24, 2.45) is 10.9 Å². The van der Waals surface area contributed by atoms with Gasteiger partial charge in [0.1, 0.15) is 9.84 Å². The number of sulfone groups is 1. The smallest absolute Gasteiger partial charge is 0.309 e. The van der Waals surface area contributed by atoms with Crippen LogP contribution >= 0.6 is 0 Å². The number of carbonyl (C=O) groups excluding carboxylic acids is 1. The predicted octanol–water partition coefficient (Wildman–Crippen LogP) is -0.102. The molecule has 0 spiro atoms. The van der Waals surface area contributed by atoms with Gasteiger partial charge in [-0.1, -0.05) is 0 Å². The second-order valence-corrected chi connectivity index (χ2v) is 7.99. The first-order valence-electron chi connectivity index (χ1n) is 8.25. The fourth-order valence-electron chi connectivity index (χ4n) is 2.47. The maximum absolute atomic E-state index is 11.7. The standard InChI is InChI=1S/C15H29N3O5S/c1-4-23-14(19)13-5-8-18(9-6-13)15(16-2)17-7-10-22-11-12-24(3,20)21/h13H,4-12H2,1-3H3,(H,16,17). The number of carbonyl (C=O) groups is 1. The van der Waals surface area contributed by atoms with E-state index in [2.05, 4.69) is 15.2 Å². The van der Waals surface area contributed by atoms with Crippen molar-refractivity contribution in [3.8, 4) is 0 Å². The Bertz CT molecular complexity index is 513. The maximum atomic E-state index is 11.7. The molecule has 9 heteroatoms. The van der Waals surface area contributed by atoms with E-state index < -0.39 is 9.84 Å². The van der Waals surface area contributed by atoms with Gasteiger partial charge >= 0.3 is 5.97 Å². The Labute approximate surface area is 144 Å². The highest BCUT2D eigenvalue weighted by Crippen LogP contribution is 2.18. The molecule has 1 saturated heterocycles. The van der Waals surface area contributed by atoms with Gasteiger partial charge in [-0.15, -0.1) is 0 Å². The van der Waals surface area contributed by atoms with E-state index >= 15 is 0 Å². The average molecular weight is 363 g/mol. The molecule has 1 aliphatic rings. The van der Waals surface area contributed by atoms with Crippen LogP contribution < -0.4 is 5.32 Å². The van der Waals surface area contributed by atoms with Crippen molar-refractivity contribution in [2.75, 3.05) is 58.5 Å². The van der Waals surface area contributed by atoms with E-state index in [1.165, 1.54) is 6.26 Å². The third-order valence-corrected chi connectivity index (χ3v) is 4.66. The second kappa shape index (κ2) is 10.5. The Balaban J connectivity index is 2.25. The van der Waals surface area contributed by atoms with Crippen LogP contribution in [0.4, 0.5) is 0 Å². The topological polar surface area (TPSA) is 97.3 Å². The van der Waals surface area contributed by atoms with E-state index in [0.717, 1.165) is 31.9 Å². The number of nitrogens with one attached hydrogen (secondary N) is 1. The largest absolute Gasteiger partial charge is 0.466 e. The summed E-state index contributed by atoms with van der Waals surface area (Å²) in [5, 5.41) is 3.19. The van der Waals surface area contributed by atoms with Crippen LogP contribution in [0.3, 0.4) is 0 Å². The highest BCUT2D eigenvalue weighted by atomic mass is 32.2. The normalized spacial score (nSPS) is 17.0. The number of hydrogen-bond acceptors (Lipinski definition) is 6. The van der Waals surface area contributed by atoms with Crippen molar-refractivity contribution >= 4 is 21.8 Å². The number of piperidine rings is 1. The fraction of sp³-hybridized carbons (Fsp3) is 0.867. The lowest BCUT2D eigenvalue weighted by Crippen LogP contribution is -2.47. The number of ether oxygens (including phenoxy) is 2. The van der Waals surface area contributed by atoms with Gasteiger partial charge in [-0.05, 0) is 19.8 Å². The van der Waals surface area contributed by atoms with Crippen molar-refractivity contribution in [1.82, 2.24) is 10.2 Å². The minimum atomic E-state index is -2.98. The van der Waals surface area contributed by atoms with Crippen LogP contribution in [0.5, 0.6) is 0 Å². The summed E-state index contributed by atoms with van der Waals surface area (Å²) in [4.78, 5) is 18.1. The molecule has 0 saturated carbocycles. The molecule has 0 amide bonds. The van der Waals surface area contributed by atoms with Crippen LogP contribution in [0, 0.1) is 5.92 Å². The molecule has 1 fully saturated rings. The van der Waals surface area contributed by atoms with E-state index in [1.54, 1.807) is 7.05 Å². The summed E-state index contributed by atoms with van der Waals surface area (Å²) < 4.78 is 32.3. The number of likely N-dealkylation sites (tertiary alicyclic amines) is 1. The summed E-state index contributed by atoms with van der Waals surface area (Å²) in [5.74, 6) is 0.658. The highest BCUT2D eigenvalue weighted by molar-refractivity contribution is 7.90. The molecule has 0 aromatic heterocycles. The third kappa shape index (κ3) is 7.96. The molecule has 1 rings (SSSR count). The van der Waals surface area contributed by atoms with Gasteiger partial charge in [-0.25, -0.2) is 8.42 Å². The number of hydrogen-bond donors (Lipinski definition) is 1. The molecule has 0 aliphatic carbocycles. The van der Waals surface area contributed by atoms with Crippen molar-refractivity contribution in [2.45, 2.75) is 19.8 Å².